The lowest BCUT2D eigenvalue weighted by molar-refractivity contribution is -0.154. The van der Waals surface area contributed by atoms with Gasteiger partial charge >= 0.3 is 6.18 Å². The molecule has 1 atom stereocenters. The van der Waals surface area contributed by atoms with Crippen LogP contribution in [0.2, 0.25) is 0 Å². The van der Waals surface area contributed by atoms with Crippen LogP contribution in [-0.2, 0) is 0 Å². The minimum atomic E-state index is -4.55. The smallest absolute Gasteiger partial charge is 0.422 e. The van der Waals surface area contributed by atoms with Gasteiger partial charge < -0.3 is 4.74 Å². The lowest BCUT2D eigenvalue weighted by atomic mass is 9.99. The molecule has 27 heavy (non-hydrogen) atoms. The third-order valence-electron chi connectivity index (χ3n) is 4.11. The highest BCUT2D eigenvalue weighted by Gasteiger charge is 2.29. The third kappa shape index (κ3) is 5.56. The van der Waals surface area contributed by atoms with Crippen molar-refractivity contribution in [2.45, 2.75) is 33.4 Å². The van der Waals surface area contributed by atoms with Gasteiger partial charge in [-0.1, -0.05) is 26.3 Å². The van der Waals surface area contributed by atoms with Gasteiger partial charge in [0, 0.05) is 24.5 Å². The zero-order chi connectivity index (χ0) is 20.2. The molecule has 1 aromatic rings. The molecule has 1 N–H and O–H groups in total. The summed E-state index contributed by atoms with van der Waals surface area (Å²) in [6.45, 7) is 4.49. The summed E-state index contributed by atoms with van der Waals surface area (Å²) in [7, 11) is 1.80. The molecule has 8 heteroatoms. The van der Waals surface area contributed by atoms with Crippen LogP contribution in [0.25, 0.3) is 5.57 Å². The Morgan fingerprint density at radius 2 is 2.04 bits per heavy atom. The number of nitrogens with one attached hydrogen (secondary N) is 1. The first-order valence-corrected chi connectivity index (χ1v) is 8.59. The van der Waals surface area contributed by atoms with Crippen molar-refractivity contribution in [2.75, 3.05) is 13.7 Å². The number of nitrogens with zero attached hydrogens (tertiary/aromatic N) is 2. The number of hydrogen-bond donors (Lipinski definition) is 1. The summed E-state index contributed by atoms with van der Waals surface area (Å²) in [6.07, 6.45) is 3.54. The number of rotatable bonds is 6. The zero-order valence-electron chi connectivity index (χ0n) is 15.7. The fraction of sp³-hybridized carbons (Fsp3) is 0.421. The summed E-state index contributed by atoms with van der Waals surface area (Å²) in [5.74, 6) is -1.26. The Bertz CT molecular complexity index is 769. The van der Waals surface area contributed by atoms with Crippen molar-refractivity contribution in [3.8, 4) is 5.88 Å². The van der Waals surface area contributed by atoms with E-state index in [9.17, 15) is 17.6 Å². The molecular formula is C19H23F4N3O. The van der Waals surface area contributed by atoms with Crippen LogP contribution in [0.1, 0.15) is 32.8 Å². The number of hydrazine groups is 1. The van der Waals surface area contributed by atoms with Gasteiger partial charge in [0.15, 0.2) is 12.4 Å². The van der Waals surface area contributed by atoms with E-state index in [0.717, 1.165) is 23.9 Å². The largest absolute Gasteiger partial charge is 0.466 e. The Morgan fingerprint density at radius 3 is 2.59 bits per heavy atom. The highest BCUT2D eigenvalue weighted by atomic mass is 19.4. The number of aromatic nitrogens is 1. The summed E-state index contributed by atoms with van der Waals surface area (Å²) >= 11 is 0. The summed E-state index contributed by atoms with van der Waals surface area (Å²) in [6, 6.07) is 1.13. The van der Waals surface area contributed by atoms with E-state index < -0.39 is 24.5 Å². The van der Waals surface area contributed by atoms with E-state index in [1.807, 2.05) is 24.1 Å². The van der Waals surface area contributed by atoms with Crippen LogP contribution in [0.5, 0.6) is 5.88 Å². The lowest BCUT2D eigenvalue weighted by Crippen LogP contribution is -2.33. The first-order valence-electron chi connectivity index (χ1n) is 8.59. The van der Waals surface area contributed by atoms with Gasteiger partial charge in [-0.15, -0.1) is 0 Å². The molecular weight excluding hydrogens is 362 g/mol. The molecule has 0 saturated carbocycles. The first-order chi connectivity index (χ1) is 12.6. The number of ether oxygens (including phenoxy) is 1. The van der Waals surface area contributed by atoms with Crippen LogP contribution < -0.4 is 10.2 Å². The van der Waals surface area contributed by atoms with Gasteiger partial charge in [-0.05, 0) is 36.6 Å². The van der Waals surface area contributed by atoms with Crippen LogP contribution in [0.15, 0.2) is 41.9 Å². The summed E-state index contributed by atoms with van der Waals surface area (Å²) in [5, 5.41) is 1.90. The van der Waals surface area contributed by atoms with Gasteiger partial charge in [-0.2, -0.15) is 13.2 Å². The molecule has 0 saturated heterocycles. The maximum atomic E-state index is 14.1. The molecule has 2 rings (SSSR count). The van der Waals surface area contributed by atoms with Gasteiger partial charge in [0.2, 0.25) is 0 Å². The molecule has 148 valence electrons. The van der Waals surface area contributed by atoms with E-state index in [-0.39, 0.29) is 0 Å². The van der Waals surface area contributed by atoms with E-state index in [1.54, 1.807) is 7.05 Å². The summed E-state index contributed by atoms with van der Waals surface area (Å²) in [4.78, 5) is 3.71. The second kappa shape index (κ2) is 8.56. The van der Waals surface area contributed by atoms with Gasteiger partial charge in [0.25, 0.3) is 5.88 Å². The Morgan fingerprint density at radius 1 is 1.33 bits per heavy atom. The number of allylic oxidation sites excluding steroid dienone is 5. The van der Waals surface area contributed by atoms with E-state index in [1.165, 1.54) is 6.20 Å². The molecule has 0 amide bonds. The fourth-order valence-corrected chi connectivity index (χ4v) is 2.60. The molecule has 4 nitrogen and oxygen atoms in total. The van der Waals surface area contributed by atoms with Crippen LogP contribution in [0, 0.1) is 11.7 Å². The molecule has 0 aliphatic carbocycles. The standard InChI is InChI=1S/C19H23F4N3O/c1-5-12(2)6-16-8-14(7-13(3)26(16)24-4)15-9-17(20)18(25-10-15)27-11-19(21,22)23/h6-10,12,24H,5,11H2,1-4H3/b16-6-/t12-/m1/s1. The molecule has 0 unspecified atom stereocenters. The topological polar surface area (TPSA) is 37.4 Å². The average molecular weight is 385 g/mol. The minimum Gasteiger partial charge on any atom is -0.466 e. The normalized spacial score (nSPS) is 17.6. The number of alkyl halides is 3. The monoisotopic (exact) mass is 385 g/mol. The maximum Gasteiger partial charge on any atom is 0.422 e. The Hall–Kier alpha value is -2.35. The second-order valence-corrected chi connectivity index (χ2v) is 6.34. The van der Waals surface area contributed by atoms with Crippen LogP contribution in [-0.4, -0.2) is 29.8 Å². The van der Waals surface area contributed by atoms with Gasteiger partial charge in [0.05, 0.1) is 5.70 Å². The summed E-state index contributed by atoms with van der Waals surface area (Å²) < 4.78 is 55.2. The number of hydrogen-bond acceptors (Lipinski definition) is 4. The van der Waals surface area contributed by atoms with Crippen molar-refractivity contribution in [3.63, 3.8) is 0 Å². The van der Waals surface area contributed by atoms with Crippen LogP contribution in [0.3, 0.4) is 0 Å². The first kappa shape index (κ1) is 21.0. The van der Waals surface area contributed by atoms with Crippen LogP contribution in [0.4, 0.5) is 17.6 Å². The number of pyridine rings is 1. The lowest BCUT2D eigenvalue weighted by Gasteiger charge is -2.30. The highest BCUT2D eigenvalue weighted by molar-refractivity contribution is 5.78. The van der Waals surface area contributed by atoms with Crippen molar-refractivity contribution >= 4 is 5.57 Å². The van der Waals surface area contributed by atoms with Gasteiger partial charge in [-0.3, -0.25) is 5.01 Å². The van der Waals surface area contributed by atoms with Crippen LogP contribution >= 0.6 is 0 Å². The molecule has 1 aromatic heterocycles. The Balaban J connectivity index is 2.33. The fourth-order valence-electron chi connectivity index (χ4n) is 2.60. The van der Waals surface area contributed by atoms with Gasteiger partial charge in [0.1, 0.15) is 0 Å². The Labute approximate surface area is 156 Å². The minimum absolute atomic E-state index is 0.340. The summed E-state index contributed by atoms with van der Waals surface area (Å²) in [5.41, 5.74) is 6.05. The molecule has 0 radical (unpaired) electrons. The average Bonchev–Trinajstić information content (AvgIpc) is 2.59. The van der Waals surface area contributed by atoms with Crippen molar-refractivity contribution in [2.24, 2.45) is 5.92 Å². The quantitative estimate of drug-likeness (QED) is 0.712. The van der Waals surface area contributed by atoms with Gasteiger partial charge in [-0.25, -0.2) is 14.8 Å². The van der Waals surface area contributed by atoms with E-state index in [4.69, 9.17) is 0 Å². The molecule has 1 aliphatic rings. The SMILES string of the molecule is CC[C@@H](C)/C=C1/C=C(c2cnc(OCC(F)(F)F)c(F)c2)C=C(C)N1NC. The molecule has 1 aliphatic heterocycles. The van der Waals surface area contributed by atoms with E-state index >= 15 is 0 Å². The van der Waals surface area contributed by atoms with E-state index in [2.05, 4.69) is 35.1 Å². The van der Waals surface area contributed by atoms with Crippen molar-refractivity contribution in [1.29, 1.82) is 0 Å². The molecule has 0 spiro atoms. The predicted molar refractivity (Wildman–Crippen MR) is 95.9 cm³/mol. The van der Waals surface area contributed by atoms with Crippen molar-refractivity contribution in [1.82, 2.24) is 15.4 Å². The van der Waals surface area contributed by atoms with Crippen molar-refractivity contribution < 1.29 is 22.3 Å². The molecule has 0 fully saturated rings. The zero-order valence-corrected chi connectivity index (χ0v) is 15.7. The maximum absolute atomic E-state index is 14.1. The molecule has 2 heterocycles. The van der Waals surface area contributed by atoms with Crippen molar-refractivity contribution in [3.05, 3.63) is 53.3 Å². The third-order valence-corrected chi connectivity index (χ3v) is 4.11. The highest BCUT2D eigenvalue weighted by Crippen LogP contribution is 2.30. The Kier molecular flexibility index (Phi) is 6.64. The van der Waals surface area contributed by atoms with E-state index in [0.29, 0.717) is 17.1 Å². The molecule has 0 aromatic carbocycles. The number of halogens is 4. The predicted octanol–water partition coefficient (Wildman–Crippen LogP) is 4.83. The second-order valence-electron chi connectivity index (χ2n) is 6.34. The molecule has 0 bridgehead atoms.